The third-order valence-corrected chi connectivity index (χ3v) is 5.53. The summed E-state index contributed by atoms with van der Waals surface area (Å²) < 4.78 is 101. The van der Waals surface area contributed by atoms with Crippen LogP contribution in [0.25, 0.3) is 6.08 Å². The average Bonchev–Trinajstić information content (AvgIpc) is 2.35. The van der Waals surface area contributed by atoms with E-state index in [0.717, 1.165) is 12.1 Å². The summed E-state index contributed by atoms with van der Waals surface area (Å²) in [5, 5.41) is 0. The Kier molecular flexibility index (Phi) is 5.30. The van der Waals surface area contributed by atoms with E-state index in [-0.39, 0.29) is 0 Å². The van der Waals surface area contributed by atoms with E-state index in [1.807, 2.05) is 3.77 Å². The van der Waals surface area contributed by atoms with Crippen molar-refractivity contribution in [1.82, 2.24) is 0 Å². The van der Waals surface area contributed by atoms with Crippen molar-refractivity contribution in [2.24, 2.45) is 3.77 Å². The van der Waals surface area contributed by atoms with Gasteiger partial charge in [-0.1, -0.05) is 28.6 Å². The molecule has 0 aromatic heterocycles. The SMILES string of the molecule is C=Cc1ccc(S(=O)(=O)N=S(=O)(OC(F)F)C(F)(F)F)cc1. The predicted molar refractivity (Wildman–Crippen MR) is 67.4 cm³/mol. The van der Waals surface area contributed by atoms with Crippen LogP contribution in [0.15, 0.2) is 39.5 Å². The van der Waals surface area contributed by atoms with Crippen LogP contribution in [0.1, 0.15) is 5.56 Å². The monoisotopic (exact) mass is 365 g/mol. The minimum Gasteiger partial charge on any atom is -0.211 e. The molecule has 1 aromatic carbocycles. The molecule has 0 aliphatic heterocycles. The lowest BCUT2D eigenvalue weighted by atomic mass is 10.2. The second kappa shape index (κ2) is 6.30. The third-order valence-electron chi connectivity index (χ3n) is 2.11. The summed E-state index contributed by atoms with van der Waals surface area (Å²) in [4.78, 5) is -0.770. The quantitative estimate of drug-likeness (QED) is 0.752. The highest BCUT2D eigenvalue weighted by molar-refractivity contribution is 8.01. The molecule has 0 fully saturated rings. The number of hydrogen-bond acceptors (Lipinski definition) is 4. The van der Waals surface area contributed by atoms with Gasteiger partial charge in [0.15, 0.2) is 0 Å². The molecular formula is C10H8F5NO4S2. The molecule has 0 saturated carbocycles. The second-order valence-corrected chi connectivity index (χ2v) is 7.22. The van der Waals surface area contributed by atoms with E-state index in [1.165, 1.54) is 18.2 Å². The summed E-state index contributed by atoms with van der Waals surface area (Å²) in [6, 6.07) is 4.07. The molecule has 1 unspecified atom stereocenters. The van der Waals surface area contributed by atoms with E-state index < -0.39 is 37.0 Å². The van der Waals surface area contributed by atoms with Gasteiger partial charge in [0.05, 0.1) is 4.90 Å². The third kappa shape index (κ3) is 4.24. The Labute approximate surface area is 122 Å². The molecule has 0 heterocycles. The maximum Gasteiger partial charge on any atom is 0.505 e. The van der Waals surface area contributed by atoms with E-state index in [1.54, 1.807) is 0 Å². The molecule has 0 N–H and O–H groups in total. The van der Waals surface area contributed by atoms with Crippen LogP contribution in [0.5, 0.6) is 0 Å². The number of benzene rings is 1. The number of sulfonamides is 1. The van der Waals surface area contributed by atoms with E-state index in [2.05, 4.69) is 10.8 Å². The van der Waals surface area contributed by atoms with Gasteiger partial charge in [-0.3, -0.25) is 0 Å². The minimum atomic E-state index is -6.16. The van der Waals surface area contributed by atoms with Crippen LogP contribution in [0.2, 0.25) is 0 Å². The molecule has 124 valence electrons. The predicted octanol–water partition coefficient (Wildman–Crippen LogP) is 3.16. The fraction of sp³-hybridized carbons (Fsp3) is 0.200. The molecule has 0 spiro atoms. The van der Waals surface area contributed by atoms with Crippen LogP contribution in [0, 0.1) is 0 Å². The first kappa shape index (κ1) is 18.5. The number of alkyl halides is 5. The van der Waals surface area contributed by atoms with Crippen molar-refractivity contribution in [3.8, 4) is 0 Å². The van der Waals surface area contributed by atoms with Crippen molar-refractivity contribution in [3.05, 3.63) is 36.4 Å². The number of halogens is 5. The smallest absolute Gasteiger partial charge is 0.211 e. The molecular weight excluding hydrogens is 357 g/mol. The van der Waals surface area contributed by atoms with Gasteiger partial charge in [-0.25, -0.2) is 8.39 Å². The molecule has 0 saturated heterocycles. The highest BCUT2D eigenvalue weighted by Crippen LogP contribution is 2.31. The van der Waals surface area contributed by atoms with Crippen molar-refractivity contribution in [2.45, 2.75) is 17.0 Å². The standard InChI is InChI=1S/C10H8F5NO4S2/c1-2-7-3-5-8(6-4-7)21(17,18)16-22(19,10(13,14)15)20-9(11)12/h2-6,9H,1H2. The highest BCUT2D eigenvalue weighted by atomic mass is 32.3. The molecule has 1 aromatic rings. The Morgan fingerprint density at radius 2 is 1.64 bits per heavy atom. The van der Waals surface area contributed by atoms with Crippen LogP contribution in [-0.2, 0) is 24.2 Å². The molecule has 0 bridgehead atoms. The lowest BCUT2D eigenvalue weighted by Gasteiger charge is -2.12. The van der Waals surface area contributed by atoms with E-state index in [9.17, 15) is 34.6 Å². The van der Waals surface area contributed by atoms with Gasteiger partial charge in [0.25, 0.3) is 20.0 Å². The highest BCUT2D eigenvalue weighted by Gasteiger charge is 2.48. The summed E-state index contributed by atoms with van der Waals surface area (Å²) in [6.07, 6.45) is 1.33. The van der Waals surface area contributed by atoms with Gasteiger partial charge in [-0.2, -0.15) is 30.4 Å². The lowest BCUT2D eigenvalue weighted by Crippen LogP contribution is -2.28. The number of nitrogens with zero attached hydrogens (tertiary/aromatic N) is 1. The molecule has 0 aliphatic carbocycles. The second-order valence-electron chi connectivity index (χ2n) is 3.60. The van der Waals surface area contributed by atoms with Gasteiger partial charge < -0.3 is 0 Å². The van der Waals surface area contributed by atoms with Crippen LogP contribution in [-0.4, -0.2) is 24.7 Å². The van der Waals surface area contributed by atoms with Gasteiger partial charge in [0, 0.05) is 0 Å². The van der Waals surface area contributed by atoms with E-state index >= 15 is 0 Å². The van der Waals surface area contributed by atoms with Gasteiger partial charge in [0.1, 0.15) is 0 Å². The van der Waals surface area contributed by atoms with Crippen LogP contribution < -0.4 is 0 Å². The fourth-order valence-corrected chi connectivity index (χ4v) is 3.80. The Hall–Kier alpha value is -1.53. The van der Waals surface area contributed by atoms with Crippen molar-refractivity contribution in [1.29, 1.82) is 0 Å². The molecule has 5 nitrogen and oxygen atoms in total. The molecule has 0 radical (unpaired) electrons. The number of hydrogen-bond donors (Lipinski definition) is 0. The average molecular weight is 365 g/mol. The van der Waals surface area contributed by atoms with Crippen molar-refractivity contribution in [3.63, 3.8) is 0 Å². The van der Waals surface area contributed by atoms with Gasteiger partial charge in [-0.15, -0.1) is 0 Å². The van der Waals surface area contributed by atoms with E-state index in [4.69, 9.17) is 0 Å². The molecule has 1 rings (SSSR count). The zero-order valence-corrected chi connectivity index (χ0v) is 12.1. The Morgan fingerprint density at radius 1 is 1.14 bits per heavy atom. The summed E-state index contributed by atoms with van der Waals surface area (Å²) in [5.74, 6) is 0. The summed E-state index contributed by atoms with van der Waals surface area (Å²) in [5.41, 5.74) is -5.48. The van der Waals surface area contributed by atoms with Crippen LogP contribution in [0.3, 0.4) is 0 Å². The molecule has 1 atom stereocenters. The summed E-state index contributed by atoms with van der Waals surface area (Å²) in [6.45, 7) is -0.752. The summed E-state index contributed by atoms with van der Waals surface area (Å²) >= 11 is 0. The lowest BCUT2D eigenvalue weighted by molar-refractivity contribution is -0.0854. The topological polar surface area (TPSA) is 72.8 Å². The first-order chi connectivity index (χ1) is 9.91. The van der Waals surface area contributed by atoms with Crippen LogP contribution >= 0.6 is 0 Å². The van der Waals surface area contributed by atoms with Gasteiger partial charge in [-0.05, 0) is 17.7 Å². The first-order valence-corrected chi connectivity index (χ1v) is 8.08. The normalized spacial score (nSPS) is 15.4. The van der Waals surface area contributed by atoms with Crippen molar-refractivity contribution >= 4 is 26.1 Å². The zero-order valence-electron chi connectivity index (χ0n) is 10.5. The molecule has 12 heteroatoms. The number of rotatable bonds is 5. The maximum absolute atomic E-state index is 12.5. The first-order valence-electron chi connectivity index (χ1n) is 5.20. The maximum atomic E-state index is 12.5. The van der Waals surface area contributed by atoms with E-state index in [0.29, 0.717) is 5.56 Å². The Morgan fingerprint density at radius 3 is 2.00 bits per heavy atom. The largest absolute Gasteiger partial charge is 0.505 e. The van der Waals surface area contributed by atoms with Gasteiger partial charge >= 0.3 is 12.1 Å². The Bertz CT molecular complexity index is 762. The van der Waals surface area contributed by atoms with Crippen molar-refractivity contribution in [2.75, 3.05) is 0 Å². The Balaban J connectivity index is 3.46. The minimum absolute atomic E-state index is 0.444. The molecule has 22 heavy (non-hydrogen) atoms. The van der Waals surface area contributed by atoms with Crippen LogP contribution in [0.4, 0.5) is 22.0 Å². The fourth-order valence-electron chi connectivity index (χ4n) is 1.16. The summed E-state index contributed by atoms with van der Waals surface area (Å²) in [7, 11) is -11.3. The van der Waals surface area contributed by atoms with Gasteiger partial charge in [0.2, 0.25) is 0 Å². The zero-order chi connectivity index (χ0) is 17.2. The molecule has 0 aliphatic rings. The van der Waals surface area contributed by atoms with Crippen molar-refractivity contribution < 1.29 is 38.8 Å². The molecule has 0 amide bonds.